The molecular formula is C28H26FN5O3S. The topological polar surface area (TPSA) is 91.6 Å². The third-order valence-corrected chi connectivity index (χ3v) is 7.11. The van der Waals surface area contributed by atoms with E-state index in [4.69, 9.17) is 4.42 Å². The van der Waals surface area contributed by atoms with E-state index in [0.29, 0.717) is 43.0 Å². The maximum atomic E-state index is 14.0. The average Bonchev–Trinajstić information content (AvgIpc) is 3.41. The molecule has 38 heavy (non-hydrogen) atoms. The Bertz CT molecular complexity index is 1430. The minimum atomic E-state index is -0.500. The van der Waals surface area contributed by atoms with E-state index in [1.165, 1.54) is 23.9 Å². The third-order valence-electron chi connectivity index (χ3n) is 6.30. The second kappa shape index (κ2) is 11.5. The van der Waals surface area contributed by atoms with Crippen molar-refractivity contribution in [3.8, 4) is 11.5 Å². The highest BCUT2D eigenvalue weighted by atomic mass is 32.2. The van der Waals surface area contributed by atoms with Gasteiger partial charge in [0.15, 0.2) is 0 Å². The van der Waals surface area contributed by atoms with Gasteiger partial charge in [-0.1, -0.05) is 42.1 Å². The molecule has 10 heteroatoms. The molecule has 2 amide bonds. The van der Waals surface area contributed by atoms with Gasteiger partial charge in [-0.2, -0.15) is 0 Å². The number of hydrogen-bond donors (Lipinski definition) is 1. The number of benzene rings is 3. The van der Waals surface area contributed by atoms with Gasteiger partial charge in [0.25, 0.3) is 11.1 Å². The Morgan fingerprint density at radius 2 is 1.66 bits per heavy atom. The molecule has 8 nitrogen and oxygen atoms in total. The number of carbonyl (C=O) groups excluding carboxylic acids is 2. The van der Waals surface area contributed by atoms with Crippen molar-refractivity contribution in [2.45, 2.75) is 12.1 Å². The van der Waals surface area contributed by atoms with Crippen molar-refractivity contribution < 1.29 is 18.4 Å². The van der Waals surface area contributed by atoms with Crippen LogP contribution in [0.25, 0.3) is 11.5 Å². The lowest BCUT2D eigenvalue weighted by Gasteiger charge is -2.36. The largest absolute Gasteiger partial charge is 0.411 e. The number of anilines is 2. The Labute approximate surface area is 223 Å². The highest BCUT2D eigenvalue weighted by Gasteiger charge is 2.24. The van der Waals surface area contributed by atoms with E-state index in [9.17, 15) is 14.0 Å². The zero-order chi connectivity index (χ0) is 26.5. The van der Waals surface area contributed by atoms with E-state index < -0.39 is 5.82 Å². The normalized spacial score (nSPS) is 13.4. The highest BCUT2D eigenvalue weighted by Crippen LogP contribution is 2.26. The summed E-state index contributed by atoms with van der Waals surface area (Å²) in [5.41, 5.74) is 3.68. The number of aryl methyl sites for hydroxylation is 1. The van der Waals surface area contributed by atoms with Gasteiger partial charge in [-0.05, 0) is 55.0 Å². The van der Waals surface area contributed by atoms with Crippen LogP contribution in [0.2, 0.25) is 0 Å². The van der Waals surface area contributed by atoms with E-state index in [1.54, 1.807) is 17.0 Å². The van der Waals surface area contributed by atoms with Crippen molar-refractivity contribution in [3.05, 3.63) is 89.7 Å². The smallest absolute Gasteiger partial charge is 0.277 e. The molecule has 1 saturated heterocycles. The van der Waals surface area contributed by atoms with Gasteiger partial charge in [-0.25, -0.2) is 4.39 Å². The van der Waals surface area contributed by atoms with E-state index >= 15 is 0 Å². The number of amides is 2. The molecule has 3 aromatic carbocycles. The van der Waals surface area contributed by atoms with Gasteiger partial charge < -0.3 is 19.5 Å². The number of piperazine rings is 1. The molecule has 0 bridgehead atoms. The summed E-state index contributed by atoms with van der Waals surface area (Å²) < 4.78 is 19.7. The minimum Gasteiger partial charge on any atom is -0.411 e. The first-order valence-electron chi connectivity index (χ1n) is 12.2. The fourth-order valence-electron chi connectivity index (χ4n) is 4.24. The minimum absolute atomic E-state index is 0.102. The summed E-state index contributed by atoms with van der Waals surface area (Å²) in [6.45, 7) is 4.25. The number of carbonyl (C=O) groups is 2. The fourth-order valence-corrected chi connectivity index (χ4v) is 4.81. The lowest BCUT2D eigenvalue weighted by Crippen LogP contribution is -2.49. The molecule has 0 atom stereocenters. The maximum absolute atomic E-state index is 14.0. The number of nitrogens with zero attached hydrogens (tertiary/aromatic N) is 4. The Balaban J connectivity index is 1.10. The van der Waals surface area contributed by atoms with Crippen molar-refractivity contribution in [1.29, 1.82) is 0 Å². The molecule has 0 saturated carbocycles. The van der Waals surface area contributed by atoms with Gasteiger partial charge in [-0.15, -0.1) is 10.2 Å². The first kappa shape index (κ1) is 25.5. The van der Waals surface area contributed by atoms with Gasteiger partial charge in [0.2, 0.25) is 11.8 Å². The van der Waals surface area contributed by atoms with Crippen molar-refractivity contribution in [3.63, 3.8) is 0 Å². The molecule has 5 rings (SSSR count). The van der Waals surface area contributed by atoms with E-state index in [0.717, 1.165) is 16.8 Å². The molecular weight excluding hydrogens is 505 g/mol. The van der Waals surface area contributed by atoms with Crippen molar-refractivity contribution in [2.24, 2.45) is 0 Å². The molecule has 1 aromatic heterocycles. The Kier molecular flexibility index (Phi) is 7.69. The zero-order valence-electron chi connectivity index (χ0n) is 20.8. The summed E-state index contributed by atoms with van der Waals surface area (Å²) in [5.74, 6) is -0.404. The van der Waals surface area contributed by atoms with Gasteiger partial charge in [0, 0.05) is 43.1 Å². The molecule has 194 valence electrons. The monoisotopic (exact) mass is 531 g/mol. The molecule has 4 aromatic rings. The summed E-state index contributed by atoms with van der Waals surface area (Å²) in [6.07, 6.45) is 0. The standard InChI is InChI=1S/C28H26FN5O3S/c1-19-6-2-3-7-22(19)26-31-32-28(37-26)38-18-25(35)30-20-10-12-21(13-11-20)33-14-16-34(17-15-33)27(36)23-8-4-5-9-24(23)29/h2-13H,14-18H2,1H3,(H,30,35). The SMILES string of the molecule is Cc1ccccc1-c1nnc(SCC(=O)Nc2ccc(N3CCN(C(=O)c4ccccc4F)CC3)cc2)o1. The van der Waals surface area contributed by atoms with Crippen LogP contribution in [0.5, 0.6) is 0 Å². The summed E-state index contributed by atoms with van der Waals surface area (Å²) in [5, 5.41) is 11.3. The molecule has 1 aliphatic rings. The van der Waals surface area contributed by atoms with Crippen LogP contribution in [0.1, 0.15) is 15.9 Å². The average molecular weight is 532 g/mol. The summed E-state index contributed by atoms with van der Waals surface area (Å²) in [4.78, 5) is 28.9. The van der Waals surface area contributed by atoms with E-state index in [2.05, 4.69) is 20.4 Å². The molecule has 0 unspecified atom stereocenters. The second-order valence-electron chi connectivity index (χ2n) is 8.83. The maximum Gasteiger partial charge on any atom is 0.277 e. The number of thioether (sulfide) groups is 1. The zero-order valence-corrected chi connectivity index (χ0v) is 21.6. The third kappa shape index (κ3) is 5.86. The molecule has 0 spiro atoms. The number of halogens is 1. The number of nitrogens with one attached hydrogen (secondary N) is 1. The predicted octanol–water partition coefficient (Wildman–Crippen LogP) is 4.88. The van der Waals surface area contributed by atoms with Crippen molar-refractivity contribution >= 4 is 35.0 Å². The van der Waals surface area contributed by atoms with E-state index in [1.807, 2.05) is 55.5 Å². The molecule has 1 aliphatic heterocycles. The fraction of sp³-hybridized carbons (Fsp3) is 0.214. The molecule has 1 fully saturated rings. The first-order valence-corrected chi connectivity index (χ1v) is 13.2. The summed E-state index contributed by atoms with van der Waals surface area (Å²) in [7, 11) is 0. The highest BCUT2D eigenvalue weighted by molar-refractivity contribution is 7.99. The van der Waals surface area contributed by atoms with Crippen LogP contribution in [0.4, 0.5) is 15.8 Å². The Morgan fingerprint density at radius 1 is 0.947 bits per heavy atom. The molecule has 0 aliphatic carbocycles. The molecule has 2 heterocycles. The molecule has 0 radical (unpaired) electrons. The predicted molar refractivity (Wildman–Crippen MR) is 145 cm³/mol. The summed E-state index contributed by atoms with van der Waals surface area (Å²) >= 11 is 1.18. The number of aromatic nitrogens is 2. The number of hydrogen-bond acceptors (Lipinski definition) is 7. The lowest BCUT2D eigenvalue weighted by molar-refractivity contribution is -0.113. The quantitative estimate of drug-likeness (QED) is 0.340. The van der Waals surface area contributed by atoms with E-state index in [-0.39, 0.29) is 23.1 Å². The van der Waals surface area contributed by atoms with Crippen LogP contribution in [-0.4, -0.2) is 58.8 Å². The van der Waals surface area contributed by atoms with Gasteiger partial charge in [0.05, 0.1) is 11.3 Å². The first-order chi connectivity index (χ1) is 18.5. The summed E-state index contributed by atoms with van der Waals surface area (Å²) in [6, 6.07) is 21.4. The second-order valence-corrected chi connectivity index (χ2v) is 9.76. The van der Waals surface area contributed by atoms with Crippen molar-refractivity contribution in [2.75, 3.05) is 42.1 Å². The van der Waals surface area contributed by atoms with Crippen LogP contribution in [0, 0.1) is 12.7 Å². The van der Waals surface area contributed by atoms with Crippen molar-refractivity contribution in [1.82, 2.24) is 15.1 Å². The Morgan fingerprint density at radius 3 is 2.39 bits per heavy atom. The Hall–Kier alpha value is -4.18. The van der Waals surface area contributed by atoms with Gasteiger partial charge in [-0.3, -0.25) is 9.59 Å². The van der Waals surface area contributed by atoms with Crippen LogP contribution in [0.15, 0.2) is 82.4 Å². The van der Waals surface area contributed by atoms with Gasteiger partial charge >= 0.3 is 0 Å². The lowest BCUT2D eigenvalue weighted by atomic mass is 10.1. The number of rotatable bonds is 7. The van der Waals surface area contributed by atoms with Crippen LogP contribution >= 0.6 is 11.8 Å². The van der Waals surface area contributed by atoms with Crippen LogP contribution < -0.4 is 10.2 Å². The van der Waals surface area contributed by atoms with Crippen LogP contribution in [0.3, 0.4) is 0 Å². The van der Waals surface area contributed by atoms with Crippen LogP contribution in [-0.2, 0) is 4.79 Å². The molecule has 1 N–H and O–H groups in total. The van der Waals surface area contributed by atoms with Gasteiger partial charge in [0.1, 0.15) is 5.82 Å².